The molecule has 0 spiro atoms. The Morgan fingerprint density at radius 1 is 1.47 bits per heavy atom. The van der Waals surface area contributed by atoms with Crippen LogP contribution in [0.2, 0.25) is 0 Å². The highest BCUT2D eigenvalue weighted by Crippen LogP contribution is 2.08. The molecule has 0 unspecified atom stereocenters. The zero-order valence-corrected chi connectivity index (χ0v) is 10.1. The smallest absolute Gasteiger partial charge is 0.275 e. The molecule has 2 aromatic heterocycles. The second-order valence-electron chi connectivity index (χ2n) is 3.82. The number of nitrogens with one attached hydrogen (secondary N) is 1. The molecule has 6 heteroatoms. The molecule has 0 aliphatic heterocycles. The van der Waals surface area contributed by atoms with E-state index < -0.39 is 0 Å². The minimum absolute atomic E-state index is 0.189. The fourth-order valence-electron chi connectivity index (χ4n) is 1.63. The molecule has 90 valence electrons. The van der Waals surface area contributed by atoms with Crippen LogP contribution in [0, 0.1) is 6.92 Å². The van der Waals surface area contributed by atoms with Gasteiger partial charge in [0.2, 0.25) is 0 Å². The van der Waals surface area contributed by atoms with E-state index in [9.17, 15) is 4.79 Å². The molecule has 0 aliphatic carbocycles. The number of amides is 1. The van der Waals surface area contributed by atoms with Gasteiger partial charge in [0, 0.05) is 25.9 Å². The van der Waals surface area contributed by atoms with E-state index >= 15 is 0 Å². The molecule has 0 atom stereocenters. The number of hydrogen-bond donors (Lipinski definition) is 1. The lowest BCUT2D eigenvalue weighted by Gasteiger charge is -2.03. The van der Waals surface area contributed by atoms with Gasteiger partial charge in [0.15, 0.2) is 5.82 Å². The second-order valence-corrected chi connectivity index (χ2v) is 3.82. The summed E-state index contributed by atoms with van der Waals surface area (Å²) in [7, 11) is 1.80. The van der Waals surface area contributed by atoms with Crippen molar-refractivity contribution < 1.29 is 4.79 Å². The third-order valence-electron chi connectivity index (χ3n) is 2.39. The van der Waals surface area contributed by atoms with E-state index in [1.54, 1.807) is 34.7 Å². The first-order chi connectivity index (χ1) is 8.10. The molecular formula is C11H15N5O. The van der Waals surface area contributed by atoms with Gasteiger partial charge in [-0.05, 0) is 19.9 Å². The van der Waals surface area contributed by atoms with E-state index in [2.05, 4.69) is 15.5 Å². The molecule has 2 aromatic rings. The van der Waals surface area contributed by atoms with Gasteiger partial charge in [-0.3, -0.25) is 14.2 Å². The van der Waals surface area contributed by atoms with Gasteiger partial charge in [0.05, 0.1) is 5.69 Å². The van der Waals surface area contributed by atoms with Gasteiger partial charge in [0.1, 0.15) is 5.69 Å². The number of anilines is 1. The molecule has 0 radical (unpaired) electrons. The lowest BCUT2D eigenvalue weighted by atomic mass is 10.3. The van der Waals surface area contributed by atoms with Crippen LogP contribution in [0.3, 0.4) is 0 Å². The quantitative estimate of drug-likeness (QED) is 0.866. The van der Waals surface area contributed by atoms with E-state index in [1.165, 1.54) is 0 Å². The van der Waals surface area contributed by atoms with Gasteiger partial charge >= 0.3 is 0 Å². The van der Waals surface area contributed by atoms with Crippen LogP contribution in [-0.2, 0) is 13.6 Å². The van der Waals surface area contributed by atoms with Crippen LogP contribution in [0.4, 0.5) is 5.82 Å². The van der Waals surface area contributed by atoms with Crippen LogP contribution >= 0.6 is 0 Å². The van der Waals surface area contributed by atoms with E-state index in [1.807, 2.05) is 13.8 Å². The first-order valence-electron chi connectivity index (χ1n) is 5.45. The fraction of sp³-hybridized carbons (Fsp3) is 0.364. The summed E-state index contributed by atoms with van der Waals surface area (Å²) < 4.78 is 3.31. The first kappa shape index (κ1) is 11.4. The lowest BCUT2D eigenvalue weighted by Crippen LogP contribution is -2.17. The standard InChI is InChI=1S/C11H15N5O/c1-4-16-9(7-8(2)13-16)11(17)12-10-5-6-15(3)14-10/h5-7H,4H2,1-3H3,(H,12,14,17). The molecule has 6 nitrogen and oxygen atoms in total. The predicted molar refractivity (Wildman–Crippen MR) is 63.8 cm³/mol. The summed E-state index contributed by atoms with van der Waals surface area (Å²) in [5.41, 5.74) is 1.38. The van der Waals surface area contributed by atoms with Crippen LogP contribution in [-0.4, -0.2) is 25.5 Å². The normalized spacial score (nSPS) is 10.5. The summed E-state index contributed by atoms with van der Waals surface area (Å²) in [6, 6.07) is 3.51. The largest absolute Gasteiger partial charge is 0.304 e. The van der Waals surface area contributed by atoms with E-state index in [0.717, 1.165) is 5.69 Å². The van der Waals surface area contributed by atoms with Gasteiger partial charge in [0.25, 0.3) is 5.91 Å². The molecule has 1 N–H and O–H groups in total. The monoisotopic (exact) mass is 233 g/mol. The summed E-state index contributed by atoms with van der Waals surface area (Å²) in [6.45, 7) is 4.48. The molecule has 0 aliphatic rings. The van der Waals surface area contributed by atoms with Crippen molar-refractivity contribution in [1.82, 2.24) is 19.6 Å². The van der Waals surface area contributed by atoms with Crippen molar-refractivity contribution in [1.29, 1.82) is 0 Å². The first-order valence-corrected chi connectivity index (χ1v) is 5.45. The van der Waals surface area contributed by atoms with Crippen molar-refractivity contribution in [3.05, 3.63) is 29.7 Å². The number of rotatable bonds is 3. The molecule has 17 heavy (non-hydrogen) atoms. The molecular weight excluding hydrogens is 218 g/mol. The molecule has 0 fully saturated rings. The molecule has 0 saturated heterocycles. The molecule has 0 aromatic carbocycles. The Kier molecular flexibility index (Phi) is 2.95. The van der Waals surface area contributed by atoms with Crippen molar-refractivity contribution >= 4 is 11.7 Å². The molecule has 0 bridgehead atoms. The molecule has 0 saturated carbocycles. The maximum Gasteiger partial charge on any atom is 0.275 e. The van der Waals surface area contributed by atoms with Gasteiger partial charge in [-0.25, -0.2) is 0 Å². The maximum absolute atomic E-state index is 12.0. The number of hydrogen-bond acceptors (Lipinski definition) is 3. The molecule has 2 rings (SSSR count). The Labute approximate surface area is 99.2 Å². The van der Waals surface area contributed by atoms with Crippen LogP contribution < -0.4 is 5.32 Å². The SMILES string of the molecule is CCn1nc(C)cc1C(=O)Nc1ccn(C)n1. The Morgan fingerprint density at radius 2 is 2.24 bits per heavy atom. The number of carbonyl (C=O) groups excluding carboxylic acids is 1. The number of aromatic nitrogens is 4. The van der Waals surface area contributed by atoms with Crippen LogP contribution in [0.5, 0.6) is 0 Å². The Morgan fingerprint density at radius 3 is 2.82 bits per heavy atom. The van der Waals surface area contributed by atoms with Crippen molar-refractivity contribution in [2.45, 2.75) is 20.4 Å². The van der Waals surface area contributed by atoms with E-state index in [-0.39, 0.29) is 5.91 Å². The Hall–Kier alpha value is -2.11. The van der Waals surface area contributed by atoms with Gasteiger partial charge in [-0.2, -0.15) is 10.2 Å². The van der Waals surface area contributed by atoms with Crippen LogP contribution in [0.15, 0.2) is 18.3 Å². The average Bonchev–Trinajstić information content (AvgIpc) is 2.84. The van der Waals surface area contributed by atoms with Crippen molar-refractivity contribution in [2.24, 2.45) is 7.05 Å². The van der Waals surface area contributed by atoms with Crippen molar-refractivity contribution in [3.8, 4) is 0 Å². The van der Waals surface area contributed by atoms with Gasteiger partial charge in [-0.1, -0.05) is 0 Å². The summed E-state index contributed by atoms with van der Waals surface area (Å²) in [4.78, 5) is 12.0. The van der Waals surface area contributed by atoms with E-state index in [0.29, 0.717) is 18.1 Å². The highest BCUT2D eigenvalue weighted by molar-refractivity contribution is 6.02. The Bertz CT molecular complexity index is 540. The minimum Gasteiger partial charge on any atom is -0.304 e. The summed E-state index contributed by atoms with van der Waals surface area (Å²) in [5, 5.41) is 11.1. The van der Waals surface area contributed by atoms with E-state index in [4.69, 9.17) is 0 Å². The third kappa shape index (κ3) is 2.35. The van der Waals surface area contributed by atoms with Gasteiger partial charge < -0.3 is 5.32 Å². The van der Waals surface area contributed by atoms with Gasteiger partial charge in [-0.15, -0.1) is 0 Å². The summed E-state index contributed by atoms with van der Waals surface area (Å²) >= 11 is 0. The highest BCUT2D eigenvalue weighted by atomic mass is 16.2. The third-order valence-corrected chi connectivity index (χ3v) is 2.39. The zero-order chi connectivity index (χ0) is 12.4. The maximum atomic E-state index is 12.0. The average molecular weight is 233 g/mol. The Balaban J connectivity index is 2.19. The van der Waals surface area contributed by atoms with Crippen LogP contribution in [0.1, 0.15) is 23.1 Å². The minimum atomic E-state index is -0.189. The zero-order valence-electron chi connectivity index (χ0n) is 10.1. The predicted octanol–water partition coefficient (Wildman–Crippen LogP) is 1.20. The van der Waals surface area contributed by atoms with Crippen molar-refractivity contribution in [3.63, 3.8) is 0 Å². The lowest BCUT2D eigenvalue weighted by molar-refractivity contribution is 0.101. The van der Waals surface area contributed by atoms with Crippen molar-refractivity contribution in [2.75, 3.05) is 5.32 Å². The number of aryl methyl sites for hydroxylation is 3. The number of carbonyl (C=O) groups is 1. The molecule has 1 amide bonds. The topological polar surface area (TPSA) is 64.7 Å². The second kappa shape index (κ2) is 4.40. The highest BCUT2D eigenvalue weighted by Gasteiger charge is 2.13. The molecule has 2 heterocycles. The summed E-state index contributed by atoms with van der Waals surface area (Å²) in [5.74, 6) is 0.352. The fourth-order valence-corrected chi connectivity index (χ4v) is 1.63. The van der Waals surface area contributed by atoms with Crippen LogP contribution in [0.25, 0.3) is 0 Å². The number of nitrogens with zero attached hydrogens (tertiary/aromatic N) is 4. The summed E-state index contributed by atoms with van der Waals surface area (Å²) in [6.07, 6.45) is 1.78.